The molecule has 0 radical (unpaired) electrons. The van der Waals surface area contributed by atoms with Gasteiger partial charge in [0.05, 0.1) is 18.0 Å². The number of nitrogens with one attached hydrogen (secondary N) is 2. The highest BCUT2D eigenvalue weighted by Crippen LogP contribution is 2.19. The van der Waals surface area contributed by atoms with Gasteiger partial charge in [0.2, 0.25) is 21.0 Å². The van der Waals surface area contributed by atoms with Crippen molar-refractivity contribution in [1.82, 2.24) is 10.0 Å². The summed E-state index contributed by atoms with van der Waals surface area (Å²) in [6.45, 7) is -0.0335. The fourth-order valence-electron chi connectivity index (χ4n) is 2.03. The average molecular weight is 358 g/mol. The zero-order valence-corrected chi connectivity index (χ0v) is 14.2. The zero-order chi connectivity index (χ0) is 16.9. The molecule has 2 N–H and O–H groups in total. The molecule has 1 unspecified atom stereocenters. The first-order valence-electron chi connectivity index (χ1n) is 7.02. The summed E-state index contributed by atoms with van der Waals surface area (Å²) in [6.07, 6.45) is 0.594. The molecule has 1 saturated heterocycles. The van der Waals surface area contributed by atoms with E-state index >= 15 is 0 Å². The summed E-state index contributed by atoms with van der Waals surface area (Å²) >= 11 is 1.20. The maximum Gasteiger partial charge on any atom is 0.240 e. The van der Waals surface area contributed by atoms with Crippen molar-refractivity contribution in [1.29, 1.82) is 0 Å². The number of thioether (sulfide) groups is 1. The largest absolute Gasteiger partial charge is 0.497 e. The minimum absolute atomic E-state index is 0.0240. The second-order valence-corrected chi connectivity index (χ2v) is 7.77. The Balaban J connectivity index is 1.81. The topological polar surface area (TPSA) is 102 Å². The van der Waals surface area contributed by atoms with Crippen LogP contribution in [0.2, 0.25) is 0 Å². The van der Waals surface area contributed by atoms with E-state index < -0.39 is 16.1 Å². The molecule has 0 bridgehead atoms. The van der Waals surface area contributed by atoms with Crippen LogP contribution in [0.15, 0.2) is 29.2 Å². The summed E-state index contributed by atoms with van der Waals surface area (Å²) in [5, 5.41) is 2.56. The second kappa shape index (κ2) is 7.80. The Morgan fingerprint density at radius 1 is 1.35 bits per heavy atom. The number of benzene rings is 1. The molecular weight excluding hydrogens is 340 g/mol. The van der Waals surface area contributed by atoms with Crippen LogP contribution in [0.4, 0.5) is 0 Å². The lowest BCUT2D eigenvalue weighted by Crippen LogP contribution is -2.38. The van der Waals surface area contributed by atoms with Gasteiger partial charge in [-0.15, -0.1) is 0 Å². The van der Waals surface area contributed by atoms with Crippen molar-refractivity contribution in [3.63, 3.8) is 0 Å². The van der Waals surface area contributed by atoms with Crippen molar-refractivity contribution in [3.05, 3.63) is 24.3 Å². The van der Waals surface area contributed by atoms with Gasteiger partial charge in [0.25, 0.3) is 0 Å². The van der Waals surface area contributed by atoms with E-state index in [0.717, 1.165) is 0 Å². The fourth-order valence-corrected chi connectivity index (χ4v) is 4.00. The number of carbonyl (C=O) groups is 2. The van der Waals surface area contributed by atoms with Crippen molar-refractivity contribution >= 4 is 32.8 Å². The molecule has 1 fully saturated rings. The average Bonchev–Trinajstić information content (AvgIpc) is 2.92. The van der Waals surface area contributed by atoms with Gasteiger partial charge in [-0.2, -0.15) is 0 Å². The Morgan fingerprint density at radius 3 is 2.61 bits per heavy atom. The predicted molar refractivity (Wildman–Crippen MR) is 86.8 cm³/mol. The van der Waals surface area contributed by atoms with Gasteiger partial charge < -0.3 is 10.1 Å². The zero-order valence-electron chi connectivity index (χ0n) is 12.6. The van der Waals surface area contributed by atoms with Crippen molar-refractivity contribution < 1.29 is 22.7 Å². The van der Waals surface area contributed by atoms with Gasteiger partial charge in [0.1, 0.15) is 5.75 Å². The number of carbonyl (C=O) groups excluding carboxylic acids is 2. The highest BCUT2D eigenvalue weighted by Gasteiger charge is 2.26. The van der Waals surface area contributed by atoms with Crippen LogP contribution in [0.1, 0.15) is 12.8 Å². The quantitative estimate of drug-likeness (QED) is 0.736. The molecule has 2 rings (SSSR count). The van der Waals surface area contributed by atoms with Crippen LogP contribution in [-0.2, 0) is 19.6 Å². The van der Waals surface area contributed by atoms with Gasteiger partial charge in [-0.1, -0.05) is 11.8 Å². The summed E-state index contributed by atoms with van der Waals surface area (Å²) in [6, 6.07) is 5.49. The first kappa shape index (κ1) is 17.8. The van der Waals surface area contributed by atoms with Gasteiger partial charge in [-0.25, -0.2) is 13.1 Å². The number of methoxy groups -OCH3 is 1. The minimum atomic E-state index is -3.68. The van der Waals surface area contributed by atoms with E-state index in [0.29, 0.717) is 17.9 Å². The summed E-state index contributed by atoms with van der Waals surface area (Å²) in [4.78, 5) is 23.2. The van der Waals surface area contributed by atoms with Gasteiger partial charge in [-0.05, 0) is 30.7 Å². The standard InChI is InChI=1S/C14H18N2O5S2/c1-21-10-2-4-11(5-3-10)23(19,20)15-8-6-13(17)16-12-7-9-22-14(12)18/h2-5,12,15H,6-9H2,1H3,(H,16,17). The second-order valence-electron chi connectivity index (χ2n) is 4.90. The lowest BCUT2D eigenvalue weighted by atomic mass is 10.2. The predicted octanol–water partition coefficient (Wildman–Crippen LogP) is 0.512. The molecule has 0 aromatic heterocycles. The molecule has 1 amide bonds. The molecule has 1 aliphatic rings. The van der Waals surface area contributed by atoms with Gasteiger partial charge in [0.15, 0.2) is 0 Å². The third kappa shape index (κ3) is 4.95. The van der Waals surface area contributed by atoms with Crippen molar-refractivity contribution in [2.45, 2.75) is 23.8 Å². The molecule has 1 aromatic rings. The van der Waals surface area contributed by atoms with E-state index in [1.54, 1.807) is 12.1 Å². The summed E-state index contributed by atoms with van der Waals surface area (Å²) in [5.41, 5.74) is 0. The smallest absolute Gasteiger partial charge is 0.240 e. The SMILES string of the molecule is COc1ccc(S(=O)(=O)NCCC(=O)NC2CCSC2=O)cc1. The molecule has 9 heteroatoms. The molecule has 1 aliphatic heterocycles. The van der Waals surface area contributed by atoms with Crippen LogP contribution in [0.5, 0.6) is 5.75 Å². The monoisotopic (exact) mass is 358 g/mol. The number of ether oxygens (including phenoxy) is 1. The molecule has 126 valence electrons. The maximum absolute atomic E-state index is 12.1. The molecule has 0 saturated carbocycles. The summed E-state index contributed by atoms with van der Waals surface area (Å²) in [5.74, 6) is 0.916. The van der Waals surface area contributed by atoms with E-state index in [2.05, 4.69) is 10.0 Å². The van der Waals surface area contributed by atoms with Crippen LogP contribution in [0.3, 0.4) is 0 Å². The van der Waals surface area contributed by atoms with Gasteiger partial charge >= 0.3 is 0 Å². The van der Waals surface area contributed by atoms with E-state index in [1.165, 1.54) is 31.0 Å². The molecule has 1 atom stereocenters. The maximum atomic E-state index is 12.1. The number of hydrogen-bond donors (Lipinski definition) is 2. The lowest BCUT2D eigenvalue weighted by Gasteiger charge is -2.11. The Labute approximate surface area is 139 Å². The van der Waals surface area contributed by atoms with Gasteiger partial charge in [-0.3, -0.25) is 9.59 Å². The highest BCUT2D eigenvalue weighted by atomic mass is 32.2. The molecule has 1 heterocycles. The Hall–Kier alpha value is -1.58. The summed E-state index contributed by atoms with van der Waals surface area (Å²) < 4.78 is 31.5. The van der Waals surface area contributed by atoms with E-state index in [1.807, 2.05) is 0 Å². The van der Waals surface area contributed by atoms with E-state index in [-0.39, 0.29) is 28.9 Å². The minimum Gasteiger partial charge on any atom is -0.497 e. The Morgan fingerprint density at radius 2 is 2.04 bits per heavy atom. The van der Waals surface area contributed by atoms with Crippen molar-refractivity contribution in [2.75, 3.05) is 19.4 Å². The van der Waals surface area contributed by atoms with E-state index in [9.17, 15) is 18.0 Å². The molecule has 0 spiro atoms. The van der Waals surface area contributed by atoms with Crippen LogP contribution >= 0.6 is 11.8 Å². The summed E-state index contributed by atoms with van der Waals surface area (Å²) in [7, 11) is -2.18. The first-order valence-corrected chi connectivity index (χ1v) is 9.49. The number of rotatable bonds is 7. The fraction of sp³-hybridized carbons (Fsp3) is 0.429. The van der Waals surface area contributed by atoms with Crippen LogP contribution in [-0.4, -0.2) is 44.9 Å². The Kier molecular flexibility index (Phi) is 6.03. The van der Waals surface area contributed by atoms with Crippen molar-refractivity contribution in [2.24, 2.45) is 0 Å². The van der Waals surface area contributed by atoms with E-state index in [4.69, 9.17) is 4.74 Å². The van der Waals surface area contributed by atoms with Crippen LogP contribution < -0.4 is 14.8 Å². The highest BCUT2D eigenvalue weighted by molar-refractivity contribution is 8.14. The Bertz CT molecular complexity index is 673. The molecule has 1 aromatic carbocycles. The van der Waals surface area contributed by atoms with Crippen LogP contribution in [0, 0.1) is 0 Å². The van der Waals surface area contributed by atoms with Crippen LogP contribution in [0.25, 0.3) is 0 Å². The third-order valence-corrected chi connectivity index (χ3v) is 5.77. The molecule has 7 nitrogen and oxygen atoms in total. The number of sulfonamides is 1. The first-order chi connectivity index (χ1) is 10.9. The molecule has 23 heavy (non-hydrogen) atoms. The lowest BCUT2D eigenvalue weighted by molar-refractivity contribution is -0.124. The number of amides is 1. The number of hydrogen-bond acceptors (Lipinski definition) is 6. The molecular formula is C14H18N2O5S2. The molecule has 0 aliphatic carbocycles. The normalized spacial score (nSPS) is 18.0. The van der Waals surface area contributed by atoms with Crippen molar-refractivity contribution in [3.8, 4) is 5.75 Å². The van der Waals surface area contributed by atoms with Gasteiger partial charge in [0, 0.05) is 18.7 Å². The third-order valence-electron chi connectivity index (χ3n) is 3.28.